The monoisotopic (exact) mass is 591 g/mol. The number of benzene rings is 4. The predicted molar refractivity (Wildman–Crippen MR) is 163 cm³/mol. The zero-order valence-electron chi connectivity index (χ0n) is 23.6. The summed E-state index contributed by atoms with van der Waals surface area (Å²) < 4.78 is 57.0. The number of anilines is 3. The van der Waals surface area contributed by atoms with Gasteiger partial charge in [-0.3, -0.25) is 13.8 Å². The van der Waals surface area contributed by atoms with Crippen LogP contribution in [0.25, 0.3) is 0 Å². The van der Waals surface area contributed by atoms with Crippen LogP contribution in [0.1, 0.15) is 27.8 Å². The zero-order chi connectivity index (χ0) is 29.9. The molecule has 0 aliphatic rings. The molecule has 2 N–H and O–H groups in total. The first-order valence-corrected chi connectivity index (χ1v) is 15.9. The highest BCUT2D eigenvalue weighted by Gasteiger charge is 2.27. The van der Waals surface area contributed by atoms with Crippen LogP contribution in [0.2, 0.25) is 0 Å². The minimum atomic E-state index is -4.07. The highest BCUT2D eigenvalue weighted by Crippen LogP contribution is 2.27. The summed E-state index contributed by atoms with van der Waals surface area (Å²) in [4.78, 5) is 13.2. The largest absolute Gasteiger partial charge is 0.325 e. The third-order valence-electron chi connectivity index (χ3n) is 6.84. The quantitative estimate of drug-likeness (QED) is 0.253. The topological polar surface area (TPSA) is 113 Å². The highest BCUT2D eigenvalue weighted by molar-refractivity contribution is 7.93. The molecule has 0 saturated heterocycles. The van der Waals surface area contributed by atoms with Gasteiger partial charge in [-0.1, -0.05) is 42.0 Å². The van der Waals surface area contributed by atoms with E-state index in [0.717, 1.165) is 32.1 Å². The molecule has 0 fully saturated rings. The van der Waals surface area contributed by atoms with E-state index >= 15 is 0 Å². The maximum Gasteiger partial charge on any atom is 0.264 e. The van der Waals surface area contributed by atoms with Gasteiger partial charge in [0.05, 0.1) is 21.2 Å². The molecule has 0 aliphatic carbocycles. The molecule has 4 aromatic rings. The summed E-state index contributed by atoms with van der Waals surface area (Å²) in [6, 6.07) is 22.9. The van der Waals surface area contributed by atoms with Crippen LogP contribution in [0.15, 0.2) is 94.7 Å². The summed E-state index contributed by atoms with van der Waals surface area (Å²) in [5, 5.41) is 2.69. The minimum absolute atomic E-state index is 0.0249. The lowest BCUT2D eigenvalue weighted by Crippen LogP contribution is -2.38. The normalized spacial score (nSPS) is 11.6. The van der Waals surface area contributed by atoms with E-state index in [-0.39, 0.29) is 9.79 Å². The molecule has 0 unspecified atom stereocenters. The fraction of sp³-hybridized carbons (Fsp3) is 0.194. The molecular formula is C31H33N3O5S2. The third-order valence-corrected chi connectivity index (χ3v) is 9.99. The van der Waals surface area contributed by atoms with Crippen molar-refractivity contribution in [3.05, 3.63) is 113 Å². The van der Waals surface area contributed by atoms with Gasteiger partial charge in [-0.15, -0.1) is 0 Å². The van der Waals surface area contributed by atoms with Gasteiger partial charge in [-0.25, -0.2) is 16.8 Å². The van der Waals surface area contributed by atoms with Crippen LogP contribution in [0.3, 0.4) is 0 Å². The molecule has 0 spiro atoms. The molecule has 10 heteroatoms. The number of rotatable bonds is 9. The first kappa shape index (κ1) is 29.8. The van der Waals surface area contributed by atoms with Crippen molar-refractivity contribution in [3.8, 4) is 0 Å². The van der Waals surface area contributed by atoms with E-state index in [4.69, 9.17) is 0 Å². The summed E-state index contributed by atoms with van der Waals surface area (Å²) in [5.74, 6) is -0.580. The SMILES string of the molecule is Cc1ccc(S(=O)(=O)N(CC(=O)Nc2ccc(S(=O)(=O)Nc3c(C)cccc3C)cc2)c2ccc(C)c(C)c2)cc1. The molecule has 1 amide bonds. The number of sulfonamides is 2. The van der Waals surface area contributed by atoms with Gasteiger partial charge in [0, 0.05) is 5.69 Å². The number of nitrogens with one attached hydrogen (secondary N) is 2. The molecule has 0 heterocycles. The van der Waals surface area contributed by atoms with Crippen molar-refractivity contribution in [3.63, 3.8) is 0 Å². The maximum atomic E-state index is 13.7. The summed E-state index contributed by atoms with van der Waals surface area (Å²) in [5.41, 5.74) is 5.60. The van der Waals surface area contributed by atoms with Gasteiger partial charge in [-0.05, 0) is 105 Å². The Morgan fingerprint density at radius 1 is 0.683 bits per heavy atom. The smallest absolute Gasteiger partial charge is 0.264 e. The van der Waals surface area contributed by atoms with Gasteiger partial charge in [0.25, 0.3) is 20.0 Å². The van der Waals surface area contributed by atoms with Gasteiger partial charge in [0.15, 0.2) is 0 Å². The van der Waals surface area contributed by atoms with Crippen LogP contribution in [0.4, 0.5) is 17.1 Å². The Labute approximate surface area is 242 Å². The van der Waals surface area contributed by atoms with E-state index in [1.807, 2.05) is 58.9 Å². The Balaban J connectivity index is 1.56. The standard InChI is InChI=1S/C31H33N3O5S2/c1-21-9-15-29(16-10-21)41(38,39)34(27-14-11-22(2)25(5)19-27)20-30(35)32-26-12-17-28(18-13-26)40(36,37)33-31-23(3)7-6-8-24(31)4/h6-19,33H,20H2,1-5H3,(H,32,35). The summed E-state index contributed by atoms with van der Waals surface area (Å²) in [6.45, 7) is 8.83. The molecule has 8 nitrogen and oxygen atoms in total. The second-order valence-electron chi connectivity index (χ2n) is 10.0. The molecule has 0 radical (unpaired) electrons. The molecule has 0 bridgehead atoms. The van der Waals surface area contributed by atoms with Crippen molar-refractivity contribution < 1.29 is 21.6 Å². The van der Waals surface area contributed by atoms with Gasteiger partial charge in [0.2, 0.25) is 5.91 Å². The fourth-order valence-corrected chi connectivity index (χ4v) is 6.87. The molecule has 214 valence electrons. The van der Waals surface area contributed by atoms with Crippen LogP contribution in [-0.2, 0) is 24.8 Å². The number of hydrogen-bond acceptors (Lipinski definition) is 5. The number of amides is 1. The van der Waals surface area contributed by atoms with Crippen molar-refractivity contribution in [2.24, 2.45) is 0 Å². The van der Waals surface area contributed by atoms with Crippen molar-refractivity contribution in [2.75, 3.05) is 20.9 Å². The fourth-order valence-electron chi connectivity index (χ4n) is 4.25. The van der Waals surface area contributed by atoms with Crippen molar-refractivity contribution in [2.45, 2.75) is 44.4 Å². The second kappa shape index (κ2) is 11.8. The lowest BCUT2D eigenvalue weighted by atomic mass is 10.1. The van der Waals surface area contributed by atoms with E-state index in [1.54, 1.807) is 24.3 Å². The van der Waals surface area contributed by atoms with Crippen molar-refractivity contribution in [1.29, 1.82) is 0 Å². The predicted octanol–water partition coefficient (Wildman–Crippen LogP) is 5.86. The number of hydrogen-bond donors (Lipinski definition) is 2. The summed E-state index contributed by atoms with van der Waals surface area (Å²) >= 11 is 0. The average Bonchev–Trinajstić information content (AvgIpc) is 2.91. The van der Waals surface area contributed by atoms with Crippen LogP contribution < -0.4 is 14.3 Å². The summed E-state index contributed by atoms with van der Waals surface area (Å²) in [6.07, 6.45) is 0. The number of carbonyl (C=O) groups is 1. The first-order valence-electron chi connectivity index (χ1n) is 12.9. The van der Waals surface area contributed by atoms with E-state index in [9.17, 15) is 21.6 Å². The van der Waals surface area contributed by atoms with E-state index in [0.29, 0.717) is 17.1 Å². The Bertz CT molecular complexity index is 1780. The first-order chi connectivity index (χ1) is 19.3. The third kappa shape index (κ3) is 6.78. The van der Waals surface area contributed by atoms with Crippen molar-refractivity contribution in [1.82, 2.24) is 0 Å². The van der Waals surface area contributed by atoms with E-state index < -0.39 is 32.5 Å². The minimum Gasteiger partial charge on any atom is -0.325 e. The number of para-hydroxylation sites is 1. The zero-order valence-corrected chi connectivity index (χ0v) is 25.2. The lowest BCUT2D eigenvalue weighted by Gasteiger charge is -2.25. The van der Waals surface area contributed by atoms with Gasteiger partial charge >= 0.3 is 0 Å². The molecule has 41 heavy (non-hydrogen) atoms. The Morgan fingerprint density at radius 3 is 1.85 bits per heavy atom. The van der Waals surface area contributed by atoms with Gasteiger partial charge < -0.3 is 5.32 Å². The summed E-state index contributed by atoms with van der Waals surface area (Å²) in [7, 11) is -7.94. The van der Waals surface area contributed by atoms with Crippen LogP contribution in [0.5, 0.6) is 0 Å². The lowest BCUT2D eigenvalue weighted by molar-refractivity contribution is -0.114. The molecule has 4 aromatic carbocycles. The van der Waals surface area contributed by atoms with E-state index in [2.05, 4.69) is 10.0 Å². The molecular weight excluding hydrogens is 558 g/mol. The molecule has 0 saturated carbocycles. The molecule has 0 atom stereocenters. The maximum absolute atomic E-state index is 13.7. The Morgan fingerprint density at radius 2 is 1.27 bits per heavy atom. The van der Waals surface area contributed by atoms with Crippen LogP contribution >= 0.6 is 0 Å². The highest BCUT2D eigenvalue weighted by atomic mass is 32.2. The van der Waals surface area contributed by atoms with E-state index in [1.165, 1.54) is 36.4 Å². The average molecular weight is 592 g/mol. The Hall–Kier alpha value is -4.15. The second-order valence-corrected chi connectivity index (χ2v) is 13.6. The van der Waals surface area contributed by atoms with Gasteiger partial charge in [0.1, 0.15) is 6.54 Å². The van der Waals surface area contributed by atoms with Crippen LogP contribution in [-0.4, -0.2) is 29.3 Å². The van der Waals surface area contributed by atoms with Crippen molar-refractivity contribution >= 4 is 43.0 Å². The molecule has 0 aromatic heterocycles. The van der Waals surface area contributed by atoms with Crippen LogP contribution in [0, 0.1) is 34.6 Å². The van der Waals surface area contributed by atoms with Gasteiger partial charge in [-0.2, -0.15) is 0 Å². The number of carbonyl (C=O) groups excluding carboxylic acids is 1. The number of nitrogens with zero attached hydrogens (tertiary/aromatic N) is 1. The Kier molecular flexibility index (Phi) is 8.55. The number of aryl methyl sites for hydroxylation is 5. The molecule has 0 aliphatic heterocycles. The molecule has 4 rings (SSSR count).